The van der Waals surface area contributed by atoms with E-state index in [0.29, 0.717) is 16.7 Å². The largest absolute Gasteiger partial charge is 0.499 e. The highest BCUT2D eigenvalue weighted by atomic mass is 35.5. The van der Waals surface area contributed by atoms with Crippen molar-refractivity contribution in [3.8, 4) is 10.6 Å². The average molecular weight is 639 g/mol. The molecule has 0 aliphatic rings. The van der Waals surface area contributed by atoms with Gasteiger partial charge in [-0.05, 0) is 59.3 Å². The number of hydrogen-bond donors (Lipinski definition) is 2. The van der Waals surface area contributed by atoms with Crippen LogP contribution >= 0.6 is 34.3 Å². The molecule has 2 N–H and O–H groups in total. The van der Waals surface area contributed by atoms with E-state index >= 15 is 0 Å². The Morgan fingerprint density at radius 3 is 1.62 bits per heavy atom. The summed E-state index contributed by atoms with van der Waals surface area (Å²) in [4.78, 5) is 8.06. The molecule has 0 saturated heterocycles. The molecular weight excluding hydrogens is 621 g/mol. The van der Waals surface area contributed by atoms with Crippen molar-refractivity contribution in [2.75, 3.05) is 0 Å². The summed E-state index contributed by atoms with van der Waals surface area (Å²) in [7, 11) is -1.35. The Labute approximate surface area is 248 Å². The summed E-state index contributed by atoms with van der Waals surface area (Å²) in [5, 5.41) is 20.0. The quantitative estimate of drug-likeness (QED) is 0.114. The van der Waals surface area contributed by atoms with Crippen molar-refractivity contribution < 1.29 is 36.4 Å². The lowest BCUT2D eigenvalue weighted by Crippen LogP contribution is -2.26. The fraction of sp³-hybridized carbons (Fsp3) is 0.0714. The number of nitrogens with zero attached hydrogens (tertiary/aromatic N) is 2. The van der Waals surface area contributed by atoms with Gasteiger partial charge in [-0.25, -0.2) is 4.98 Å². The minimum absolute atomic E-state index is 0.0537. The predicted molar refractivity (Wildman–Crippen MR) is 156 cm³/mol. The highest BCUT2D eigenvalue weighted by Gasteiger charge is 2.31. The topological polar surface area (TPSA) is 66.2 Å². The Morgan fingerprint density at radius 2 is 1.17 bits per heavy atom. The van der Waals surface area contributed by atoms with Gasteiger partial charge in [0.15, 0.2) is 0 Å². The molecule has 4 nitrogen and oxygen atoms in total. The number of aromatic nitrogens is 2. The molecule has 0 unspecified atom stereocenters. The van der Waals surface area contributed by atoms with E-state index in [2.05, 4.69) is 9.97 Å². The minimum atomic E-state index is -4.34. The first-order valence-electron chi connectivity index (χ1n) is 11.9. The van der Waals surface area contributed by atoms with E-state index in [4.69, 9.17) is 21.6 Å². The maximum atomic E-state index is 12.5. The molecule has 0 spiro atoms. The summed E-state index contributed by atoms with van der Waals surface area (Å²) in [6.45, 7) is 0. The van der Waals surface area contributed by atoms with Crippen LogP contribution in [0.4, 0.5) is 26.3 Å². The normalized spacial score (nSPS) is 11.5. The second-order valence-corrected chi connectivity index (χ2v) is 11.1. The van der Waals surface area contributed by atoms with Crippen LogP contribution in [0, 0.1) is 0 Å². The Hall–Kier alpha value is -3.49. The summed E-state index contributed by atoms with van der Waals surface area (Å²) in [6.07, 6.45) is -7.11. The Morgan fingerprint density at radius 1 is 0.643 bits per heavy atom. The van der Waals surface area contributed by atoms with Crippen molar-refractivity contribution in [3.05, 3.63) is 114 Å². The SMILES string of the molecule is FC(F)(F)c1ccc(-c2cc3ccccc3s2)nc1.FC(F)(F)c1ccc(Cl)nc1.OB(O)c1cc2ccccc2s1. The molecule has 0 radical (unpaired) electrons. The standard InChI is InChI=1S/C14H8F3NS.C8H7BO2S.C6H3ClF3N/c15-14(16,17)10-5-6-11(18-8-10)13-7-9-3-1-2-4-12(9)19-13;10-9(11)8-5-6-3-1-2-4-7(6)12-8;7-5-2-1-4(3-11-5)6(8,9)10/h1-8H;1-5,10-11H;1-3H. The molecule has 0 aliphatic heterocycles. The third-order valence-corrected chi connectivity index (χ3v) is 8.04. The van der Waals surface area contributed by atoms with Gasteiger partial charge in [-0.1, -0.05) is 48.0 Å². The van der Waals surface area contributed by atoms with Crippen molar-refractivity contribution in [2.45, 2.75) is 12.4 Å². The van der Waals surface area contributed by atoms with Gasteiger partial charge in [0.25, 0.3) is 0 Å². The first-order chi connectivity index (χ1) is 19.8. The number of fused-ring (bicyclic) bond motifs is 2. The van der Waals surface area contributed by atoms with Crippen LogP contribution in [-0.4, -0.2) is 27.1 Å². The van der Waals surface area contributed by atoms with Crippen LogP contribution < -0.4 is 4.78 Å². The smallest absolute Gasteiger partial charge is 0.423 e. The number of halogens is 7. The molecule has 0 atom stereocenters. The van der Waals surface area contributed by atoms with Gasteiger partial charge >= 0.3 is 19.5 Å². The molecule has 4 heterocycles. The molecule has 0 bridgehead atoms. The van der Waals surface area contributed by atoms with E-state index < -0.39 is 30.6 Å². The second kappa shape index (κ2) is 13.2. The molecule has 0 fully saturated rings. The van der Waals surface area contributed by atoms with Crippen LogP contribution in [-0.2, 0) is 12.4 Å². The zero-order valence-corrected chi connectivity index (χ0v) is 23.5. The number of benzene rings is 2. The van der Waals surface area contributed by atoms with Gasteiger partial charge in [0, 0.05) is 26.6 Å². The summed E-state index contributed by atoms with van der Waals surface area (Å²) >= 11 is 8.21. The van der Waals surface area contributed by atoms with Gasteiger partial charge < -0.3 is 10.0 Å². The maximum absolute atomic E-state index is 12.5. The monoisotopic (exact) mass is 638 g/mol. The van der Waals surface area contributed by atoms with E-state index in [1.807, 2.05) is 54.6 Å². The third-order valence-electron chi connectivity index (χ3n) is 5.52. The van der Waals surface area contributed by atoms with Crippen molar-refractivity contribution in [2.24, 2.45) is 0 Å². The molecule has 216 valence electrons. The van der Waals surface area contributed by atoms with Gasteiger partial charge in [-0.2, -0.15) is 26.3 Å². The molecule has 0 amide bonds. The van der Waals surface area contributed by atoms with E-state index in [-0.39, 0.29) is 5.15 Å². The first-order valence-corrected chi connectivity index (χ1v) is 13.9. The van der Waals surface area contributed by atoms with Gasteiger partial charge in [0.1, 0.15) is 5.15 Å². The molecule has 0 aliphatic carbocycles. The number of hydrogen-bond acceptors (Lipinski definition) is 6. The first kappa shape index (κ1) is 31.5. The molecule has 42 heavy (non-hydrogen) atoms. The molecule has 2 aromatic carbocycles. The van der Waals surface area contributed by atoms with E-state index in [0.717, 1.165) is 49.4 Å². The second-order valence-electron chi connectivity index (χ2n) is 8.51. The average Bonchev–Trinajstić information content (AvgIpc) is 3.58. The van der Waals surface area contributed by atoms with Crippen molar-refractivity contribution in [1.29, 1.82) is 0 Å². The van der Waals surface area contributed by atoms with Crippen molar-refractivity contribution >= 4 is 66.3 Å². The molecule has 0 saturated carbocycles. The predicted octanol–water partition coefficient (Wildman–Crippen LogP) is 8.32. The Kier molecular flexibility index (Phi) is 9.90. The summed E-state index contributed by atoms with van der Waals surface area (Å²) in [6, 6.07) is 23.8. The highest BCUT2D eigenvalue weighted by molar-refractivity contribution is 7.27. The number of rotatable bonds is 2. The fourth-order valence-corrected chi connectivity index (χ4v) is 5.58. The number of thiophene rings is 2. The highest BCUT2D eigenvalue weighted by Crippen LogP contribution is 2.34. The Bertz CT molecular complexity index is 1690. The zero-order valence-electron chi connectivity index (χ0n) is 21.1. The molecule has 6 rings (SSSR count). The van der Waals surface area contributed by atoms with Crippen molar-refractivity contribution in [1.82, 2.24) is 9.97 Å². The molecule has 6 aromatic rings. The Balaban J connectivity index is 0.000000153. The number of pyridine rings is 2. The maximum Gasteiger partial charge on any atom is 0.499 e. The van der Waals surface area contributed by atoms with Crippen LogP contribution in [0.3, 0.4) is 0 Å². The lowest BCUT2D eigenvalue weighted by Gasteiger charge is -2.05. The van der Waals surface area contributed by atoms with Crippen LogP contribution in [0.25, 0.3) is 30.7 Å². The summed E-state index contributed by atoms with van der Waals surface area (Å²) < 4.78 is 75.6. The zero-order chi connectivity index (χ0) is 30.5. The van der Waals surface area contributed by atoms with Crippen LogP contribution in [0.1, 0.15) is 11.1 Å². The van der Waals surface area contributed by atoms with E-state index in [1.165, 1.54) is 28.7 Å². The lowest BCUT2D eigenvalue weighted by molar-refractivity contribution is -0.138. The van der Waals surface area contributed by atoms with Gasteiger partial charge in [0.2, 0.25) is 0 Å². The van der Waals surface area contributed by atoms with Crippen molar-refractivity contribution in [3.63, 3.8) is 0 Å². The summed E-state index contributed by atoms with van der Waals surface area (Å²) in [5.74, 6) is 0. The minimum Gasteiger partial charge on any atom is -0.423 e. The fourth-order valence-electron chi connectivity index (χ4n) is 3.49. The molecular formula is C28H18BClF6N2O2S2. The van der Waals surface area contributed by atoms with Gasteiger partial charge in [-0.15, -0.1) is 22.7 Å². The van der Waals surface area contributed by atoms with Crippen LogP contribution in [0.2, 0.25) is 5.15 Å². The lowest BCUT2D eigenvalue weighted by atomic mass is 9.89. The van der Waals surface area contributed by atoms with Gasteiger partial charge in [-0.3, -0.25) is 4.98 Å². The van der Waals surface area contributed by atoms with E-state index in [9.17, 15) is 26.3 Å². The van der Waals surface area contributed by atoms with Crippen LogP contribution in [0.15, 0.2) is 97.3 Å². The molecule has 14 heteroatoms. The third kappa shape index (κ3) is 8.29. The van der Waals surface area contributed by atoms with E-state index in [1.54, 1.807) is 6.07 Å². The molecule has 4 aromatic heterocycles. The summed E-state index contributed by atoms with van der Waals surface area (Å²) in [5.41, 5.74) is -0.950. The number of alkyl halides is 6. The van der Waals surface area contributed by atoms with Crippen LogP contribution in [0.5, 0.6) is 0 Å². The van der Waals surface area contributed by atoms with Gasteiger partial charge in [0.05, 0.1) is 21.7 Å².